The predicted molar refractivity (Wildman–Crippen MR) is 127 cm³/mol. The lowest BCUT2D eigenvalue weighted by Crippen LogP contribution is -2.55. The van der Waals surface area contributed by atoms with E-state index in [-0.39, 0.29) is 24.9 Å². The maximum absolute atomic E-state index is 13.2. The molecule has 0 radical (unpaired) electrons. The molecular formula is C24H29N3O4S2. The number of carbonyl (C=O) groups excluding carboxylic acids is 2. The van der Waals surface area contributed by atoms with Crippen molar-refractivity contribution in [2.75, 3.05) is 32.7 Å². The molecule has 0 bridgehead atoms. The number of fused-ring (bicyclic) bond motifs is 1. The van der Waals surface area contributed by atoms with Gasteiger partial charge in [0.1, 0.15) is 6.04 Å². The molecule has 33 heavy (non-hydrogen) atoms. The number of aryl methyl sites for hydroxylation is 2. The molecular weight excluding hydrogens is 458 g/mol. The minimum atomic E-state index is -3.59. The first kappa shape index (κ1) is 22.6. The van der Waals surface area contributed by atoms with E-state index in [9.17, 15) is 18.0 Å². The van der Waals surface area contributed by atoms with Gasteiger partial charge in [-0.2, -0.15) is 4.31 Å². The third-order valence-corrected chi connectivity index (χ3v) is 9.79. The number of amides is 2. The molecule has 2 aliphatic heterocycles. The van der Waals surface area contributed by atoms with Crippen molar-refractivity contribution >= 4 is 33.2 Å². The number of piperazine rings is 1. The van der Waals surface area contributed by atoms with E-state index >= 15 is 0 Å². The van der Waals surface area contributed by atoms with Crippen molar-refractivity contribution < 1.29 is 18.0 Å². The first-order valence-corrected chi connectivity index (χ1v) is 14.0. The lowest BCUT2D eigenvalue weighted by atomic mass is 9.92. The van der Waals surface area contributed by atoms with Crippen molar-refractivity contribution in [1.29, 1.82) is 0 Å². The number of thiophene rings is 1. The normalized spacial score (nSPS) is 21.8. The van der Waals surface area contributed by atoms with Gasteiger partial charge >= 0.3 is 0 Å². The predicted octanol–water partition coefficient (Wildman–Crippen LogP) is 2.76. The van der Waals surface area contributed by atoms with Crippen LogP contribution in [-0.2, 0) is 27.7 Å². The minimum absolute atomic E-state index is 0.0664. The maximum Gasteiger partial charge on any atom is 0.264 e. The minimum Gasteiger partial charge on any atom is -0.338 e. The first-order valence-electron chi connectivity index (χ1n) is 11.7. The molecule has 1 aromatic heterocycles. The van der Waals surface area contributed by atoms with Crippen LogP contribution in [0.4, 0.5) is 0 Å². The van der Waals surface area contributed by atoms with E-state index in [1.54, 1.807) is 21.9 Å². The molecule has 2 amide bonds. The molecule has 0 saturated carbocycles. The largest absolute Gasteiger partial charge is 0.338 e. The van der Waals surface area contributed by atoms with Gasteiger partial charge in [-0.05, 0) is 73.2 Å². The van der Waals surface area contributed by atoms with Gasteiger partial charge in [0.15, 0.2) is 0 Å². The molecule has 1 aromatic carbocycles. The van der Waals surface area contributed by atoms with Crippen LogP contribution in [0.15, 0.2) is 40.6 Å². The average Bonchev–Trinajstić information content (AvgIpc) is 3.55. The van der Waals surface area contributed by atoms with E-state index < -0.39 is 16.1 Å². The summed E-state index contributed by atoms with van der Waals surface area (Å²) in [6.45, 7) is 1.83. The molecule has 1 aliphatic carbocycles. The standard InChI is InChI=1S/C24H29N3O4S2/c28-23(21-7-3-11-27(21)24(29)22-8-4-16-32-22)25-12-14-26(15-13-25)33(30,31)20-10-9-18-5-1-2-6-19(18)17-20/h4,8-10,16-17,21H,1-3,5-7,11-15H2/t21-/m0/s1. The molecule has 5 rings (SSSR count). The van der Waals surface area contributed by atoms with Gasteiger partial charge in [0.2, 0.25) is 15.9 Å². The fraction of sp³-hybridized carbons (Fsp3) is 0.500. The van der Waals surface area contributed by atoms with Gasteiger partial charge in [0.25, 0.3) is 5.91 Å². The van der Waals surface area contributed by atoms with Gasteiger partial charge in [-0.15, -0.1) is 11.3 Å². The smallest absolute Gasteiger partial charge is 0.264 e. The van der Waals surface area contributed by atoms with Crippen molar-refractivity contribution in [3.8, 4) is 0 Å². The number of hydrogen-bond acceptors (Lipinski definition) is 5. The molecule has 176 valence electrons. The van der Waals surface area contributed by atoms with E-state index in [0.29, 0.717) is 35.8 Å². The number of benzene rings is 1. The monoisotopic (exact) mass is 487 g/mol. The SMILES string of the molecule is O=C([C@@H]1CCCN1C(=O)c1cccs1)N1CCN(S(=O)(=O)c2ccc3c(c2)CCCC3)CC1. The Morgan fingerprint density at radius 1 is 0.909 bits per heavy atom. The Hall–Kier alpha value is -2.23. The Labute approximate surface area is 199 Å². The maximum atomic E-state index is 13.2. The summed E-state index contributed by atoms with van der Waals surface area (Å²) in [5.74, 6) is -0.155. The Bertz CT molecular complexity index is 1140. The Balaban J connectivity index is 1.24. The van der Waals surface area contributed by atoms with Gasteiger partial charge in [-0.3, -0.25) is 9.59 Å². The highest BCUT2D eigenvalue weighted by atomic mass is 32.2. The van der Waals surface area contributed by atoms with Crippen molar-refractivity contribution in [2.24, 2.45) is 0 Å². The molecule has 9 heteroatoms. The van der Waals surface area contributed by atoms with Crippen LogP contribution in [0, 0.1) is 0 Å². The molecule has 0 unspecified atom stereocenters. The average molecular weight is 488 g/mol. The quantitative estimate of drug-likeness (QED) is 0.665. The first-order chi connectivity index (χ1) is 15.9. The second-order valence-corrected chi connectivity index (χ2v) is 11.9. The number of hydrogen-bond donors (Lipinski definition) is 0. The Morgan fingerprint density at radius 2 is 1.67 bits per heavy atom. The van der Waals surface area contributed by atoms with Gasteiger partial charge in [0.05, 0.1) is 9.77 Å². The van der Waals surface area contributed by atoms with E-state index in [4.69, 9.17) is 0 Å². The molecule has 1 atom stereocenters. The zero-order valence-corrected chi connectivity index (χ0v) is 20.2. The van der Waals surface area contributed by atoms with Crippen molar-refractivity contribution in [1.82, 2.24) is 14.1 Å². The Morgan fingerprint density at radius 3 is 2.39 bits per heavy atom. The summed E-state index contributed by atoms with van der Waals surface area (Å²) < 4.78 is 28.0. The Kier molecular flexibility index (Phi) is 6.28. The topological polar surface area (TPSA) is 78.0 Å². The lowest BCUT2D eigenvalue weighted by Gasteiger charge is -2.36. The molecule has 3 aliphatic rings. The number of rotatable bonds is 4. The van der Waals surface area contributed by atoms with Crippen LogP contribution in [-0.4, -0.2) is 73.1 Å². The van der Waals surface area contributed by atoms with Crippen LogP contribution in [0.3, 0.4) is 0 Å². The number of likely N-dealkylation sites (tertiary alicyclic amines) is 1. The zero-order valence-electron chi connectivity index (χ0n) is 18.6. The third-order valence-electron chi connectivity index (χ3n) is 7.04. The molecule has 7 nitrogen and oxygen atoms in total. The van der Waals surface area contributed by atoms with Gasteiger partial charge < -0.3 is 9.80 Å². The van der Waals surface area contributed by atoms with Gasteiger partial charge in [0, 0.05) is 32.7 Å². The highest BCUT2D eigenvalue weighted by Crippen LogP contribution is 2.27. The zero-order chi connectivity index (χ0) is 23.0. The van der Waals surface area contributed by atoms with Gasteiger partial charge in [-0.1, -0.05) is 12.1 Å². The summed E-state index contributed by atoms with van der Waals surface area (Å²) in [6.07, 6.45) is 5.67. The molecule has 2 saturated heterocycles. The highest BCUT2D eigenvalue weighted by molar-refractivity contribution is 7.89. The summed E-state index contributed by atoms with van der Waals surface area (Å²) in [5, 5.41) is 1.86. The van der Waals surface area contributed by atoms with E-state index in [0.717, 1.165) is 37.7 Å². The van der Waals surface area contributed by atoms with Crippen molar-refractivity contribution in [2.45, 2.75) is 49.5 Å². The summed E-state index contributed by atoms with van der Waals surface area (Å²) in [5.41, 5.74) is 2.40. The molecule has 0 spiro atoms. The summed E-state index contributed by atoms with van der Waals surface area (Å²) in [4.78, 5) is 30.5. The van der Waals surface area contributed by atoms with Crippen LogP contribution < -0.4 is 0 Å². The van der Waals surface area contributed by atoms with E-state index in [1.807, 2.05) is 23.6 Å². The number of nitrogens with zero attached hydrogens (tertiary/aromatic N) is 3. The molecule has 3 heterocycles. The lowest BCUT2D eigenvalue weighted by molar-refractivity contribution is -0.136. The summed E-state index contributed by atoms with van der Waals surface area (Å²) >= 11 is 1.39. The summed E-state index contributed by atoms with van der Waals surface area (Å²) in [6, 6.07) is 8.70. The van der Waals surface area contributed by atoms with Gasteiger partial charge in [-0.25, -0.2) is 8.42 Å². The highest BCUT2D eigenvalue weighted by Gasteiger charge is 2.39. The van der Waals surface area contributed by atoms with E-state index in [1.165, 1.54) is 21.2 Å². The second kappa shape index (κ2) is 9.19. The fourth-order valence-electron chi connectivity index (χ4n) is 5.19. The van der Waals surface area contributed by atoms with Crippen molar-refractivity contribution in [3.05, 3.63) is 51.7 Å². The summed E-state index contributed by atoms with van der Waals surface area (Å²) in [7, 11) is -3.59. The molecule has 2 fully saturated rings. The number of sulfonamides is 1. The van der Waals surface area contributed by atoms with Crippen LogP contribution in [0.1, 0.15) is 46.5 Å². The van der Waals surface area contributed by atoms with Crippen LogP contribution in [0.25, 0.3) is 0 Å². The fourth-order valence-corrected chi connectivity index (χ4v) is 7.34. The third kappa shape index (κ3) is 4.34. The van der Waals surface area contributed by atoms with Crippen LogP contribution in [0.2, 0.25) is 0 Å². The van der Waals surface area contributed by atoms with Crippen molar-refractivity contribution in [3.63, 3.8) is 0 Å². The van der Waals surface area contributed by atoms with Crippen LogP contribution >= 0.6 is 11.3 Å². The second-order valence-electron chi connectivity index (χ2n) is 9.00. The van der Waals surface area contributed by atoms with Crippen LogP contribution in [0.5, 0.6) is 0 Å². The molecule has 2 aromatic rings. The number of carbonyl (C=O) groups is 2. The van der Waals surface area contributed by atoms with E-state index in [2.05, 4.69) is 0 Å². The molecule has 0 N–H and O–H groups in total.